The average Bonchev–Trinajstić information content (AvgIpc) is 2.60. The zero-order valence-electron chi connectivity index (χ0n) is 16.6. The van der Waals surface area contributed by atoms with E-state index in [1.54, 1.807) is 71.2 Å². The molecule has 0 fully saturated rings. The number of benzene rings is 2. The van der Waals surface area contributed by atoms with Crippen LogP contribution in [0.3, 0.4) is 0 Å². The van der Waals surface area contributed by atoms with Crippen molar-refractivity contribution in [3.8, 4) is 11.5 Å². The Morgan fingerprint density at radius 1 is 1.04 bits per heavy atom. The van der Waals surface area contributed by atoms with Crippen molar-refractivity contribution in [3.05, 3.63) is 48.5 Å². The van der Waals surface area contributed by atoms with Gasteiger partial charge in [-0.05, 0) is 70.2 Å². The van der Waals surface area contributed by atoms with Crippen LogP contribution in [0.15, 0.2) is 53.4 Å². The molecule has 0 aliphatic heterocycles. The number of rotatable bonds is 7. The highest BCUT2D eigenvalue weighted by atomic mass is 32.2. The van der Waals surface area contributed by atoms with E-state index in [1.807, 2.05) is 0 Å². The monoisotopic (exact) mass is 406 g/mol. The predicted octanol–water partition coefficient (Wildman–Crippen LogP) is 3.18. The minimum absolute atomic E-state index is 0.0731. The third-order valence-corrected chi connectivity index (χ3v) is 5.35. The van der Waals surface area contributed by atoms with E-state index in [2.05, 4.69) is 10.0 Å². The summed E-state index contributed by atoms with van der Waals surface area (Å²) in [7, 11) is -2.13. The van der Waals surface area contributed by atoms with Crippen molar-refractivity contribution in [2.75, 3.05) is 12.4 Å². The average molecular weight is 407 g/mol. The van der Waals surface area contributed by atoms with Crippen LogP contribution in [0.25, 0.3) is 0 Å². The second kappa shape index (κ2) is 8.62. The summed E-state index contributed by atoms with van der Waals surface area (Å²) in [5.41, 5.74) is -0.245. The van der Waals surface area contributed by atoms with Crippen molar-refractivity contribution in [2.45, 2.75) is 44.2 Å². The fourth-order valence-corrected chi connectivity index (χ4v) is 3.82. The second-order valence-corrected chi connectivity index (χ2v) is 8.99. The molecule has 0 saturated carbocycles. The zero-order valence-corrected chi connectivity index (χ0v) is 17.5. The summed E-state index contributed by atoms with van der Waals surface area (Å²) in [5, 5.41) is 2.68. The molecular weight excluding hydrogens is 380 g/mol. The number of hydrogen-bond donors (Lipinski definition) is 2. The molecule has 1 unspecified atom stereocenters. The lowest BCUT2D eigenvalue weighted by molar-refractivity contribution is -0.122. The Bertz CT molecular complexity index is 918. The van der Waals surface area contributed by atoms with E-state index in [0.717, 1.165) is 0 Å². The summed E-state index contributed by atoms with van der Waals surface area (Å²) in [6.45, 7) is 6.89. The molecule has 2 aromatic rings. The standard InChI is InChI=1S/C20H26N2O5S/c1-14(27-17-11-9-16(26-5)10-12-17)19(23)21-15-7-6-8-18(13-15)28(24,25)22-20(2,3)4/h6-14,22H,1-5H3,(H,21,23). The van der Waals surface area contributed by atoms with Gasteiger partial charge in [-0.25, -0.2) is 13.1 Å². The molecule has 28 heavy (non-hydrogen) atoms. The van der Waals surface area contributed by atoms with Crippen LogP contribution in [-0.2, 0) is 14.8 Å². The molecule has 2 aromatic carbocycles. The molecule has 0 spiro atoms. The Labute approximate surface area is 166 Å². The quantitative estimate of drug-likeness (QED) is 0.737. The van der Waals surface area contributed by atoms with Crippen molar-refractivity contribution < 1.29 is 22.7 Å². The molecule has 0 heterocycles. The van der Waals surface area contributed by atoms with Crippen molar-refractivity contribution in [1.29, 1.82) is 0 Å². The van der Waals surface area contributed by atoms with Gasteiger partial charge in [0.25, 0.3) is 5.91 Å². The number of carbonyl (C=O) groups is 1. The van der Waals surface area contributed by atoms with E-state index in [0.29, 0.717) is 17.2 Å². The Hall–Kier alpha value is -2.58. The highest BCUT2D eigenvalue weighted by Crippen LogP contribution is 2.20. The van der Waals surface area contributed by atoms with Gasteiger partial charge in [-0.15, -0.1) is 0 Å². The van der Waals surface area contributed by atoms with Crippen LogP contribution < -0.4 is 19.5 Å². The Balaban J connectivity index is 2.07. The first-order valence-electron chi connectivity index (χ1n) is 8.76. The number of sulfonamides is 1. The lowest BCUT2D eigenvalue weighted by Crippen LogP contribution is -2.40. The highest BCUT2D eigenvalue weighted by molar-refractivity contribution is 7.89. The summed E-state index contributed by atoms with van der Waals surface area (Å²) in [5.74, 6) is 0.814. The number of hydrogen-bond acceptors (Lipinski definition) is 5. The van der Waals surface area contributed by atoms with Gasteiger partial charge >= 0.3 is 0 Å². The maximum absolute atomic E-state index is 12.5. The van der Waals surface area contributed by atoms with Crippen LogP contribution in [-0.4, -0.2) is 33.1 Å². The smallest absolute Gasteiger partial charge is 0.265 e. The predicted molar refractivity (Wildman–Crippen MR) is 108 cm³/mol. The first kappa shape index (κ1) is 21.7. The molecule has 7 nitrogen and oxygen atoms in total. The molecule has 0 aliphatic carbocycles. The first-order valence-corrected chi connectivity index (χ1v) is 10.2. The van der Waals surface area contributed by atoms with Crippen LogP contribution in [0, 0.1) is 0 Å². The molecule has 1 amide bonds. The molecule has 8 heteroatoms. The van der Waals surface area contributed by atoms with Gasteiger partial charge in [-0.2, -0.15) is 0 Å². The summed E-state index contributed by atoms with van der Waals surface area (Å²) in [4.78, 5) is 12.5. The molecule has 0 aromatic heterocycles. The van der Waals surface area contributed by atoms with Crippen LogP contribution in [0.5, 0.6) is 11.5 Å². The Morgan fingerprint density at radius 3 is 2.21 bits per heavy atom. The molecule has 0 radical (unpaired) electrons. The first-order chi connectivity index (χ1) is 13.0. The van der Waals surface area contributed by atoms with Gasteiger partial charge in [0.2, 0.25) is 10.0 Å². The molecule has 0 bridgehead atoms. The number of ether oxygens (including phenoxy) is 2. The Morgan fingerprint density at radius 2 is 1.64 bits per heavy atom. The Kier molecular flexibility index (Phi) is 6.69. The fourth-order valence-electron chi connectivity index (χ4n) is 2.36. The minimum atomic E-state index is -3.70. The normalized spacial score (nSPS) is 12.9. The summed E-state index contributed by atoms with van der Waals surface area (Å²) >= 11 is 0. The maximum Gasteiger partial charge on any atom is 0.265 e. The van der Waals surface area contributed by atoms with Crippen molar-refractivity contribution >= 4 is 21.6 Å². The SMILES string of the molecule is COc1ccc(OC(C)C(=O)Nc2cccc(S(=O)(=O)NC(C)(C)C)c2)cc1. The highest BCUT2D eigenvalue weighted by Gasteiger charge is 2.22. The largest absolute Gasteiger partial charge is 0.497 e. The number of amides is 1. The van der Waals surface area contributed by atoms with Crippen molar-refractivity contribution in [2.24, 2.45) is 0 Å². The lowest BCUT2D eigenvalue weighted by Gasteiger charge is -2.20. The fraction of sp³-hybridized carbons (Fsp3) is 0.350. The van der Waals surface area contributed by atoms with Crippen LogP contribution in [0.1, 0.15) is 27.7 Å². The van der Waals surface area contributed by atoms with E-state index >= 15 is 0 Å². The molecule has 152 valence electrons. The van der Waals surface area contributed by atoms with Gasteiger partial charge in [0.05, 0.1) is 12.0 Å². The molecule has 1 atom stereocenters. The second-order valence-electron chi connectivity index (χ2n) is 7.31. The molecule has 0 aliphatic rings. The topological polar surface area (TPSA) is 93.7 Å². The van der Waals surface area contributed by atoms with Crippen LogP contribution in [0.2, 0.25) is 0 Å². The van der Waals surface area contributed by atoms with Gasteiger partial charge < -0.3 is 14.8 Å². The molecule has 2 N–H and O–H groups in total. The number of carbonyl (C=O) groups excluding carboxylic acids is 1. The zero-order chi connectivity index (χ0) is 20.9. The third-order valence-electron chi connectivity index (χ3n) is 3.59. The van der Waals surface area contributed by atoms with Gasteiger partial charge in [0, 0.05) is 11.2 Å². The van der Waals surface area contributed by atoms with E-state index in [1.165, 1.54) is 12.1 Å². The van der Waals surface area contributed by atoms with Crippen LogP contribution >= 0.6 is 0 Å². The molecular formula is C20H26N2O5S. The molecule has 0 saturated heterocycles. The van der Waals surface area contributed by atoms with Crippen LogP contribution in [0.4, 0.5) is 5.69 Å². The van der Waals surface area contributed by atoms with Gasteiger partial charge in [0.15, 0.2) is 6.10 Å². The number of nitrogens with one attached hydrogen (secondary N) is 2. The number of anilines is 1. The number of methoxy groups -OCH3 is 1. The van der Waals surface area contributed by atoms with Gasteiger partial charge in [0.1, 0.15) is 11.5 Å². The van der Waals surface area contributed by atoms with E-state index in [4.69, 9.17) is 9.47 Å². The third kappa shape index (κ3) is 6.24. The van der Waals surface area contributed by atoms with Crippen molar-refractivity contribution in [3.63, 3.8) is 0 Å². The lowest BCUT2D eigenvalue weighted by atomic mass is 10.1. The van der Waals surface area contributed by atoms with Crippen molar-refractivity contribution in [1.82, 2.24) is 4.72 Å². The van der Waals surface area contributed by atoms with E-state index < -0.39 is 27.6 Å². The minimum Gasteiger partial charge on any atom is -0.497 e. The van der Waals surface area contributed by atoms with Gasteiger partial charge in [-0.3, -0.25) is 4.79 Å². The van der Waals surface area contributed by atoms with E-state index in [-0.39, 0.29) is 4.90 Å². The molecule has 2 rings (SSSR count). The summed E-state index contributed by atoms with van der Waals surface area (Å²) in [6.07, 6.45) is -0.777. The maximum atomic E-state index is 12.5. The van der Waals surface area contributed by atoms with E-state index in [9.17, 15) is 13.2 Å². The summed E-state index contributed by atoms with van der Waals surface area (Å²) in [6, 6.07) is 12.9. The van der Waals surface area contributed by atoms with Gasteiger partial charge in [-0.1, -0.05) is 6.07 Å². The summed E-state index contributed by atoms with van der Waals surface area (Å²) < 4.78 is 38.2.